The van der Waals surface area contributed by atoms with E-state index in [-0.39, 0.29) is 6.03 Å². The Hall–Kier alpha value is -2.63. The van der Waals surface area contributed by atoms with Gasteiger partial charge >= 0.3 is 6.03 Å². The number of carbonyl (C=O) groups is 1. The molecular formula is C21H29N5O. The van der Waals surface area contributed by atoms with E-state index in [1.165, 1.54) is 5.56 Å². The summed E-state index contributed by atoms with van der Waals surface area (Å²) in [4.78, 5) is 25.9. The third-order valence-corrected chi connectivity index (χ3v) is 4.88. The zero-order valence-electron chi connectivity index (χ0n) is 16.7. The third-order valence-electron chi connectivity index (χ3n) is 4.88. The van der Waals surface area contributed by atoms with Gasteiger partial charge in [-0.05, 0) is 31.0 Å². The minimum Gasteiger partial charge on any atom is -0.353 e. The highest BCUT2D eigenvalue weighted by atomic mass is 16.2. The van der Waals surface area contributed by atoms with Gasteiger partial charge in [0, 0.05) is 49.5 Å². The second-order valence-corrected chi connectivity index (χ2v) is 7.34. The molecule has 0 spiro atoms. The molecule has 1 fully saturated rings. The van der Waals surface area contributed by atoms with Gasteiger partial charge in [0.2, 0.25) is 0 Å². The van der Waals surface area contributed by atoms with E-state index < -0.39 is 0 Å². The minimum atomic E-state index is -0.0411. The van der Waals surface area contributed by atoms with Crippen LogP contribution in [0.3, 0.4) is 0 Å². The molecule has 3 rings (SSSR count). The first kappa shape index (κ1) is 19.1. The lowest BCUT2D eigenvalue weighted by Gasteiger charge is -2.35. The lowest BCUT2D eigenvalue weighted by Crippen LogP contribution is -2.50. The Morgan fingerprint density at radius 2 is 1.78 bits per heavy atom. The van der Waals surface area contributed by atoms with Crippen molar-refractivity contribution < 1.29 is 4.79 Å². The van der Waals surface area contributed by atoms with Gasteiger partial charge < -0.3 is 15.1 Å². The summed E-state index contributed by atoms with van der Waals surface area (Å²) in [7, 11) is 0. The number of aromatic nitrogens is 2. The van der Waals surface area contributed by atoms with Crippen LogP contribution in [-0.2, 0) is 6.42 Å². The van der Waals surface area contributed by atoms with Gasteiger partial charge in [0.15, 0.2) is 0 Å². The summed E-state index contributed by atoms with van der Waals surface area (Å²) in [6.45, 7) is 11.2. The molecule has 1 aliphatic heterocycles. The van der Waals surface area contributed by atoms with Crippen LogP contribution < -0.4 is 10.2 Å². The van der Waals surface area contributed by atoms with Crippen molar-refractivity contribution in [2.75, 3.05) is 36.4 Å². The molecule has 1 aromatic heterocycles. The fourth-order valence-electron chi connectivity index (χ4n) is 3.16. The Labute approximate surface area is 161 Å². The zero-order valence-corrected chi connectivity index (χ0v) is 16.7. The molecule has 1 aromatic carbocycles. The van der Waals surface area contributed by atoms with Crippen LogP contribution in [0.15, 0.2) is 30.3 Å². The van der Waals surface area contributed by atoms with Gasteiger partial charge in [0.05, 0.1) is 0 Å². The highest BCUT2D eigenvalue weighted by molar-refractivity contribution is 5.89. The molecule has 0 saturated carbocycles. The van der Waals surface area contributed by atoms with Crippen LogP contribution in [0.1, 0.15) is 43.8 Å². The maximum Gasteiger partial charge on any atom is 0.321 e. The molecule has 6 heteroatoms. The van der Waals surface area contributed by atoms with E-state index in [4.69, 9.17) is 4.98 Å². The average Bonchev–Trinajstić information content (AvgIpc) is 2.68. The molecular weight excluding hydrogens is 338 g/mol. The molecule has 144 valence electrons. The van der Waals surface area contributed by atoms with Crippen molar-refractivity contribution >= 4 is 17.5 Å². The molecule has 0 unspecified atom stereocenters. The van der Waals surface area contributed by atoms with E-state index in [0.717, 1.165) is 42.5 Å². The number of amides is 2. The monoisotopic (exact) mass is 367 g/mol. The smallest absolute Gasteiger partial charge is 0.321 e. The number of nitrogens with zero attached hydrogens (tertiary/aromatic N) is 4. The number of aryl methyl sites for hydroxylation is 2. The van der Waals surface area contributed by atoms with Gasteiger partial charge in [0.1, 0.15) is 11.6 Å². The van der Waals surface area contributed by atoms with E-state index >= 15 is 0 Å². The molecule has 1 N–H and O–H groups in total. The van der Waals surface area contributed by atoms with Crippen molar-refractivity contribution in [1.29, 1.82) is 0 Å². The number of benzene rings is 1. The molecule has 0 atom stereocenters. The lowest BCUT2D eigenvalue weighted by atomic mass is 10.1. The lowest BCUT2D eigenvalue weighted by molar-refractivity contribution is 0.208. The Balaban J connectivity index is 1.59. The summed E-state index contributed by atoms with van der Waals surface area (Å²) < 4.78 is 0. The number of hydrogen-bond acceptors (Lipinski definition) is 4. The van der Waals surface area contributed by atoms with Crippen LogP contribution in [0.25, 0.3) is 0 Å². The fraction of sp³-hybridized carbons (Fsp3) is 0.476. The van der Waals surface area contributed by atoms with Gasteiger partial charge in [-0.1, -0.05) is 32.9 Å². The van der Waals surface area contributed by atoms with E-state index in [2.05, 4.69) is 48.1 Å². The molecule has 6 nitrogen and oxygen atoms in total. The van der Waals surface area contributed by atoms with Crippen molar-refractivity contribution in [3.63, 3.8) is 0 Å². The van der Waals surface area contributed by atoms with Crippen molar-refractivity contribution in [2.24, 2.45) is 0 Å². The first-order valence-electron chi connectivity index (χ1n) is 9.71. The highest BCUT2D eigenvalue weighted by Crippen LogP contribution is 2.19. The number of rotatable bonds is 4. The molecule has 0 radical (unpaired) electrons. The molecule has 2 amide bonds. The predicted octanol–water partition coefficient (Wildman–Crippen LogP) is 3.82. The summed E-state index contributed by atoms with van der Waals surface area (Å²) in [5.74, 6) is 2.14. The molecule has 1 saturated heterocycles. The van der Waals surface area contributed by atoms with Crippen LogP contribution in [0.4, 0.5) is 16.3 Å². The molecule has 27 heavy (non-hydrogen) atoms. The third kappa shape index (κ3) is 4.76. The standard InChI is InChI=1S/C21H29N5O/c1-5-17-6-8-18(9-7-17)23-21(27)26-12-10-25(11-13-26)19-14-16(4)22-20(24-19)15(2)3/h6-9,14-15H,5,10-13H2,1-4H3,(H,23,27). The van der Waals surface area contributed by atoms with Crippen molar-refractivity contribution in [2.45, 2.75) is 40.0 Å². The first-order chi connectivity index (χ1) is 13.0. The predicted molar refractivity (Wildman–Crippen MR) is 109 cm³/mol. The average molecular weight is 367 g/mol. The van der Waals surface area contributed by atoms with Gasteiger partial charge in [-0.15, -0.1) is 0 Å². The Bertz CT molecular complexity index is 780. The summed E-state index contributed by atoms with van der Waals surface area (Å²) in [6, 6.07) is 10.0. The Kier molecular flexibility index (Phi) is 5.94. The minimum absolute atomic E-state index is 0.0411. The van der Waals surface area contributed by atoms with Gasteiger partial charge in [0.25, 0.3) is 0 Å². The van der Waals surface area contributed by atoms with Crippen LogP contribution >= 0.6 is 0 Å². The second kappa shape index (κ2) is 8.37. The van der Waals surface area contributed by atoms with Crippen LogP contribution in [0.5, 0.6) is 0 Å². The van der Waals surface area contributed by atoms with E-state index in [1.807, 2.05) is 30.0 Å². The highest BCUT2D eigenvalue weighted by Gasteiger charge is 2.22. The maximum atomic E-state index is 12.5. The SMILES string of the molecule is CCc1ccc(NC(=O)N2CCN(c3cc(C)nc(C(C)C)n3)CC2)cc1. The summed E-state index contributed by atoms with van der Waals surface area (Å²) in [5.41, 5.74) is 3.09. The number of hydrogen-bond donors (Lipinski definition) is 1. The normalized spacial score (nSPS) is 14.6. The molecule has 2 aromatic rings. The molecule has 1 aliphatic rings. The topological polar surface area (TPSA) is 61.4 Å². The number of anilines is 2. The maximum absolute atomic E-state index is 12.5. The van der Waals surface area contributed by atoms with Gasteiger partial charge in [-0.25, -0.2) is 14.8 Å². The number of nitrogens with one attached hydrogen (secondary N) is 1. The van der Waals surface area contributed by atoms with E-state index in [0.29, 0.717) is 19.0 Å². The summed E-state index contributed by atoms with van der Waals surface area (Å²) >= 11 is 0. The van der Waals surface area contributed by atoms with Crippen LogP contribution in [-0.4, -0.2) is 47.1 Å². The summed E-state index contributed by atoms with van der Waals surface area (Å²) in [6.07, 6.45) is 0.997. The van der Waals surface area contributed by atoms with Crippen molar-refractivity contribution in [3.05, 3.63) is 47.4 Å². The van der Waals surface area contributed by atoms with E-state index in [9.17, 15) is 4.79 Å². The number of piperazine rings is 1. The Morgan fingerprint density at radius 1 is 1.11 bits per heavy atom. The first-order valence-corrected chi connectivity index (χ1v) is 9.71. The second-order valence-electron chi connectivity index (χ2n) is 7.34. The largest absolute Gasteiger partial charge is 0.353 e. The summed E-state index contributed by atoms with van der Waals surface area (Å²) in [5, 5.41) is 2.99. The molecule has 0 aliphatic carbocycles. The van der Waals surface area contributed by atoms with Crippen LogP contribution in [0, 0.1) is 6.92 Å². The fourth-order valence-corrected chi connectivity index (χ4v) is 3.16. The van der Waals surface area contributed by atoms with Gasteiger partial charge in [-0.2, -0.15) is 0 Å². The molecule has 0 bridgehead atoms. The van der Waals surface area contributed by atoms with Gasteiger partial charge in [-0.3, -0.25) is 0 Å². The Morgan fingerprint density at radius 3 is 2.37 bits per heavy atom. The van der Waals surface area contributed by atoms with E-state index in [1.54, 1.807) is 0 Å². The quantitative estimate of drug-likeness (QED) is 0.892. The number of urea groups is 1. The molecule has 2 heterocycles. The van der Waals surface area contributed by atoms with Crippen LogP contribution in [0.2, 0.25) is 0 Å². The van der Waals surface area contributed by atoms with Crippen molar-refractivity contribution in [3.8, 4) is 0 Å². The zero-order chi connectivity index (χ0) is 19.4. The van der Waals surface area contributed by atoms with Crippen molar-refractivity contribution in [1.82, 2.24) is 14.9 Å². The number of carbonyl (C=O) groups excluding carboxylic acids is 1.